The summed E-state index contributed by atoms with van der Waals surface area (Å²) in [6.45, 7) is 2.87. The summed E-state index contributed by atoms with van der Waals surface area (Å²) in [5.41, 5.74) is 5.12. The summed E-state index contributed by atoms with van der Waals surface area (Å²) < 4.78 is 0. The van der Waals surface area contributed by atoms with E-state index in [9.17, 15) is 19.2 Å². The quantitative estimate of drug-likeness (QED) is 0.347. The van der Waals surface area contributed by atoms with E-state index < -0.39 is 35.8 Å². The van der Waals surface area contributed by atoms with Gasteiger partial charge in [0.1, 0.15) is 12.1 Å². The van der Waals surface area contributed by atoms with Crippen LogP contribution < -0.4 is 16.4 Å². The van der Waals surface area contributed by atoms with Crippen LogP contribution in [0.25, 0.3) is 0 Å². The first-order valence-electron chi connectivity index (χ1n) is 6.43. The number of nitrogens with two attached hydrogens (primary N) is 1. The molecule has 0 aliphatic carbocycles. The van der Waals surface area contributed by atoms with Crippen molar-refractivity contribution in [3.63, 3.8) is 0 Å². The molecule has 120 valence electrons. The Bertz CT molecular complexity index is 410. The van der Waals surface area contributed by atoms with Crippen molar-refractivity contribution < 1.29 is 29.4 Å². The average molecular weight is 303 g/mol. The Morgan fingerprint density at radius 1 is 1.10 bits per heavy atom. The lowest BCUT2D eigenvalue weighted by Gasteiger charge is -2.22. The monoisotopic (exact) mass is 303 g/mol. The third-order valence-electron chi connectivity index (χ3n) is 2.71. The van der Waals surface area contributed by atoms with Crippen molar-refractivity contribution in [2.45, 2.75) is 38.8 Å². The molecule has 0 aliphatic rings. The highest BCUT2D eigenvalue weighted by atomic mass is 16.4. The molecule has 2 amide bonds. The van der Waals surface area contributed by atoms with E-state index in [0.717, 1.165) is 0 Å². The predicted molar refractivity (Wildman–Crippen MR) is 72.3 cm³/mol. The van der Waals surface area contributed by atoms with E-state index in [1.54, 1.807) is 13.8 Å². The van der Waals surface area contributed by atoms with E-state index in [-0.39, 0.29) is 25.3 Å². The van der Waals surface area contributed by atoms with E-state index in [4.69, 9.17) is 15.9 Å². The van der Waals surface area contributed by atoms with Gasteiger partial charge in [0.25, 0.3) is 0 Å². The molecule has 0 unspecified atom stereocenters. The maximum Gasteiger partial charge on any atom is 0.326 e. The van der Waals surface area contributed by atoms with E-state index >= 15 is 0 Å². The number of nitrogens with one attached hydrogen (secondary N) is 2. The highest BCUT2D eigenvalue weighted by Gasteiger charge is 2.28. The lowest BCUT2D eigenvalue weighted by molar-refractivity contribution is -0.144. The fraction of sp³-hybridized carbons (Fsp3) is 0.667. The molecule has 0 heterocycles. The van der Waals surface area contributed by atoms with E-state index in [1.165, 1.54) is 0 Å². The van der Waals surface area contributed by atoms with Crippen molar-refractivity contribution in [2.24, 2.45) is 11.7 Å². The third-order valence-corrected chi connectivity index (χ3v) is 2.71. The summed E-state index contributed by atoms with van der Waals surface area (Å²) >= 11 is 0. The van der Waals surface area contributed by atoms with Crippen molar-refractivity contribution >= 4 is 23.8 Å². The van der Waals surface area contributed by atoms with Crippen molar-refractivity contribution in [3.8, 4) is 0 Å². The predicted octanol–water partition coefficient (Wildman–Crippen LogP) is -1.48. The second-order valence-electron chi connectivity index (χ2n) is 4.83. The van der Waals surface area contributed by atoms with Crippen LogP contribution in [0.15, 0.2) is 0 Å². The van der Waals surface area contributed by atoms with Crippen LogP contribution >= 0.6 is 0 Å². The number of hydrogen-bond acceptors (Lipinski definition) is 5. The summed E-state index contributed by atoms with van der Waals surface area (Å²) in [6, 6.07) is -2.27. The summed E-state index contributed by atoms with van der Waals surface area (Å²) in [4.78, 5) is 44.8. The molecule has 9 heteroatoms. The van der Waals surface area contributed by atoms with Crippen LogP contribution in [0, 0.1) is 5.92 Å². The van der Waals surface area contributed by atoms with Crippen molar-refractivity contribution in [1.29, 1.82) is 0 Å². The number of aliphatic carboxylic acids is 2. The first-order valence-corrected chi connectivity index (χ1v) is 6.43. The van der Waals surface area contributed by atoms with Gasteiger partial charge in [-0.25, -0.2) is 4.79 Å². The van der Waals surface area contributed by atoms with Crippen LogP contribution in [-0.4, -0.2) is 52.6 Å². The third kappa shape index (κ3) is 7.25. The zero-order valence-electron chi connectivity index (χ0n) is 12.0. The molecule has 0 bridgehead atoms. The number of hydrogen-bond donors (Lipinski definition) is 5. The van der Waals surface area contributed by atoms with E-state index in [2.05, 4.69) is 10.6 Å². The van der Waals surface area contributed by atoms with Gasteiger partial charge in [0.2, 0.25) is 11.8 Å². The minimum absolute atomic E-state index is 0.155. The SMILES string of the molecule is CC(C)[C@H](NC(=O)[C@H](CCC(=O)O)NC(=O)CN)C(=O)O. The van der Waals surface area contributed by atoms with Crippen LogP contribution in [0.1, 0.15) is 26.7 Å². The van der Waals surface area contributed by atoms with Gasteiger partial charge in [-0.3, -0.25) is 14.4 Å². The first-order chi connectivity index (χ1) is 9.68. The lowest BCUT2D eigenvalue weighted by Crippen LogP contribution is -2.54. The fourth-order valence-electron chi connectivity index (χ4n) is 1.56. The standard InChI is InChI=1S/C12H21N3O6/c1-6(2)10(12(20)21)15-11(19)7(3-4-9(17)18)14-8(16)5-13/h6-7,10H,3-5,13H2,1-2H3,(H,14,16)(H,15,19)(H,17,18)(H,20,21)/t7-,10-/m0/s1. The van der Waals surface area contributed by atoms with Gasteiger partial charge in [-0.05, 0) is 12.3 Å². The molecule has 0 saturated heterocycles. The molecule has 0 spiro atoms. The second kappa shape index (κ2) is 8.90. The van der Waals surface area contributed by atoms with Gasteiger partial charge < -0.3 is 26.6 Å². The number of carboxylic acids is 2. The first kappa shape index (κ1) is 18.8. The Kier molecular flexibility index (Phi) is 7.99. The van der Waals surface area contributed by atoms with Crippen LogP contribution in [-0.2, 0) is 19.2 Å². The summed E-state index contributed by atoms with van der Waals surface area (Å²) in [6.07, 6.45) is -0.500. The number of carbonyl (C=O) groups excluding carboxylic acids is 2. The maximum atomic E-state index is 12.0. The zero-order valence-corrected chi connectivity index (χ0v) is 12.0. The minimum Gasteiger partial charge on any atom is -0.481 e. The number of amides is 2. The number of carboxylic acid groups (broad SMARTS) is 2. The van der Waals surface area contributed by atoms with Crippen LogP contribution in [0.2, 0.25) is 0 Å². The van der Waals surface area contributed by atoms with Gasteiger partial charge >= 0.3 is 11.9 Å². The zero-order chi connectivity index (χ0) is 16.6. The summed E-state index contributed by atoms with van der Waals surface area (Å²) in [5, 5.41) is 22.2. The molecule has 0 aromatic heterocycles. The Morgan fingerprint density at radius 2 is 1.67 bits per heavy atom. The van der Waals surface area contributed by atoms with Gasteiger partial charge in [0.05, 0.1) is 6.54 Å². The molecule has 0 aromatic carbocycles. The van der Waals surface area contributed by atoms with Gasteiger partial charge in [-0.2, -0.15) is 0 Å². The normalized spacial score (nSPS) is 13.3. The van der Waals surface area contributed by atoms with Crippen LogP contribution in [0.3, 0.4) is 0 Å². The molecule has 0 radical (unpaired) electrons. The molecule has 0 rings (SSSR count). The molecule has 0 aromatic rings. The van der Waals surface area contributed by atoms with E-state index in [1.807, 2.05) is 0 Å². The Labute approximate surface area is 121 Å². The van der Waals surface area contributed by atoms with Crippen LogP contribution in [0.4, 0.5) is 0 Å². The van der Waals surface area contributed by atoms with Gasteiger partial charge in [0.15, 0.2) is 0 Å². The Balaban J connectivity index is 4.86. The highest BCUT2D eigenvalue weighted by molar-refractivity contribution is 5.91. The Morgan fingerprint density at radius 3 is 2.05 bits per heavy atom. The molecule has 0 saturated carbocycles. The Hall–Kier alpha value is -2.16. The van der Waals surface area contributed by atoms with Gasteiger partial charge in [0, 0.05) is 6.42 Å². The maximum absolute atomic E-state index is 12.0. The minimum atomic E-state index is -1.21. The molecule has 0 fully saturated rings. The highest BCUT2D eigenvalue weighted by Crippen LogP contribution is 2.04. The number of rotatable bonds is 9. The van der Waals surface area contributed by atoms with Crippen molar-refractivity contribution in [3.05, 3.63) is 0 Å². The smallest absolute Gasteiger partial charge is 0.326 e. The second-order valence-corrected chi connectivity index (χ2v) is 4.83. The van der Waals surface area contributed by atoms with Crippen LogP contribution in [0.5, 0.6) is 0 Å². The molecule has 6 N–H and O–H groups in total. The number of carbonyl (C=O) groups is 4. The molecule has 9 nitrogen and oxygen atoms in total. The molecule has 0 aliphatic heterocycles. The topological polar surface area (TPSA) is 159 Å². The lowest BCUT2D eigenvalue weighted by atomic mass is 10.0. The molecule has 2 atom stereocenters. The fourth-order valence-corrected chi connectivity index (χ4v) is 1.56. The molecular weight excluding hydrogens is 282 g/mol. The summed E-state index contributed by atoms with van der Waals surface area (Å²) in [5.74, 6) is -4.08. The van der Waals surface area contributed by atoms with Crippen molar-refractivity contribution in [2.75, 3.05) is 6.54 Å². The summed E-state index contributed by atoms with van der Waals surface area (Å²) in [7, 11) is 0. The molecular formula is C12H21N3O6. The largest absolute Gasteiger partial charge is 0.481 e. The molecule has 21 heavy (non-hydrogen) atoms. The van der Waals surface area contributed by atoms with Gasteiger partial charge in [-0.1, -0.05) is 13.8 Å². The van der Waals surface area contributed by atoms with Gasteiger partial charge in [-0.15, -0.1) is 0 Å². The van der Waals surface area contributed by atoms with E-state index in [0.29, 0.717) is 0 Å². The average Bonchev–Trinajstić information content (AvgIpc) is 2.38. The van der Waals surface area contributed by atoms with Crippen molar-refractivity contribution in [1.82, 2.24) is 10.6 Å².